The molecule has 116 valence electrons. The average molecular weight is 324 g/mol. The van der Waals surface area contributed by atoms with Crippen molar-refractivity contribution in [2.75, 3.05) is 11.1 Å². The second-order valence-electron chi connectivity index (χ2n) is 5.56. The van der Waals surface area contributed by atoms with Gasteiger partial charge in [0.2, 0.25) is 0 Å². The number of hydrogen-bond acceptors (Lipinski definition) is 6. The number of H-pyrrole nitrogens is 1. The summed E-state index contributed by atoms with van der Waals surface area (Å²) >= 11 is 1.54. The first-order valence-electron chi connectivity index (χ1n) is 7.45. The van der Waals surface area contributed by atoms with Crippen LogP contribution in [0.15, 0.2) is 52.5 Å². The highest BCUT2D eigenvalue weighted by Gasteiger charge is 2.25. The van der Waals surface area contributed by atoms with Gasteiger partial charge in [0.1, 0.15) is 5.03 Å². The molecule has 2 aromatic heterocycles. The van der Waals surface area contributed by atoms with Gasteiger partial charge in [0.15, 0.2) is 5.82 Å². The van der Waals surface area contributed by atoms with E-state index in [2.05, 4.69) is 31.8 Å². The lowest BCUT2D eigenvalue weighted by Gasteiger charge is -2.04. The lowest BCUT2D eigenvalue weighted by molar-refractivity contribution is 0.930. The maximum absolute atomic E-state index is 5.70. The first-order valence-corrected chi connectivity index (χ1v) is 8.26. The van der Waals surface area contributed by atoms with E-state index in [1.165, 1.54) is 18.5 Å². The van der Waals surface area contributed by atoms with Gasteiger partial charge in [-0.3, -0.25) is 5.10 Å². The van der Waals surface area contributed by atoms with Crippen LogP contribution >= 0.6 is 11.8 Å². The summed E-state index contributed by atoms with van der Waals surface area (Å²) in [4.78, 5) is 1.07. The van der Waals surface area contributed by atoms with Crippen molar-refractivity contribution in [3.8, 4) is 0 Å². The predicted molar refractivity (Wildman–Crippen MR) is 90.9 cm³/mol. The lowest BCUT2D eigenvalue weighted by atomic mass is 10.3. The van der Waals surface area contributed by atoms with Gasteiger partial charge in [-0.05, 0) is 43.2 Å². The van der Waals surface area contributed by atoms with Gasteiger partial charge in [-0.1, -0.05) is 11.8 Å². The molecular formula is C16H16N6S. The van der Waals surface area contributed by atoms with E-state index in [-0.39, 0.29) is 0 Å². The summed E-state index contributed by atoms with van der Waals surface area (Å²) in [6.07, 6.45) is 4.19. The zero-order valence-corrected chi connectivity index (χ0v) is 13.2. The highest BCUT2D eigenvalue weighted by Crippen LogP contribution is 2.39. The zero-order valence-electron chi connectivity index (χ0n) is 12.4. The zero-order chi connectivity index (χ0) is 15.6. The summed E-state index contributed by atoms with van der Waals surface area (Å²) in [5, 5.41) is 19.7. The molecule has 3 aromatic rings. The van der Waals surface area contributed by atoms with Crippen molar-refractivity contribution in [3.63, 3.8) is 0 Å². The standard InChI is InChI=1S/C16H16N6S/c17-11-3-5-13(6-4-11)23-16-7-12(9-18-22-16)19-15-8-14(20-21-15)10-1-2-10/h3-10H,1-2,17H2,(H2,19,20,21,22). The van der Waals surface area contributed by atoms with Crippen LogP contribution in [0.2, 0.25) is 0 Å². The number of nitrogens with two attached hydrogens (primary N) is 1. The van der Waals surface area contributed by atoms with Crippen LogP contribution in [0.1, 0.15) is 24.5 Å². The number of nitrogens with one attached hydrogen (secondary N) is 2. The molecule has 4 rings (SSSR count). The Balaban J connectivity index is 1.47. The molecule has 0 aliphatic heterocycles. The number of benzene rings is 1. The molecule has 4 N–H and O–H groups in total. The van der Waals surface area contributed by atoms with Gasteiger partial charge in [0, 0.05) is 28.3 Å². The molecule has 0 atom stereocenters. The Morgan fingerprint density at radius 1 is 1.17 bits per heavy atom. The normalized spacial score (nSPS) is 13.9. The Hall–Kier alpha value is -2.54. The van der Waals surface area contributed by atoms with Gasteiger partial charge < -0.3 is 11.1 Å². The van der Waals surface area contributed by atoms with Crippen molar-refractivity contribution in [1.82, 2.24) is 20.4 Å². The third-order valence-electron chi connectivity index (χ3n) is 3.62. The molecule has 1 saturated carbocycles. The second kappa shape index (κ2) is 5.92. The summed E-state index contributed by atoms with van der Waals surface area (Å²) in [5.74, 6) is 1.47. The molecule has 0 saturated heterocycles. The molecule has 23 heavy (non-hydrogen) atoms. The van der Waals surface area contributed by atoms with Gasteiger partial charge in [-0.15, -0.1) is 5.10 Å². The van der Waals surface area contributed by atoms with Crippen LogP contribution in [-0.4, -0.2) is 20.4 Å². The summed E-state index contributed by atoms with van der Waals surface area (Å²) in [6, 6.07) is 11.7. The van der Waals surface area contributed by atoms with Crippen LogP contribution in [0.5, 0.6) is 0 Å². The smallest absolute Gasteiger partial charge is 0.152 e. The maximum Gasteiger partial charge on any atom is 0.152 e. The van der Waals surface area contributed by atoms with E-state index in [0.29, 0.717) is 5.92 Å². The minimum Gasteiger partial charge on any atom is -0.399 e. The molecule has 6 nitrogen and oxygen atoms in total. The van der Waals surface area contributed by atoms with Crippen LogP contribution in [0.3, 0.4) is 0 Å². The molecule has 7 heteroatoms. The Labute approximate surface area is 137 Å². The fourth-order valence-corrected chi connectivity index (χ4v) is 3.06. The third kappa shape index (κ3) is 3.45. The van der Waals surface area contributed by atoms with Crippen LogP contribution in [0.25, 0.3) is 0 Å². The van der Waals surface area contributed by atoms with Gasteiger partial charge in [0.25, 0.3) is 0 Å². The predicted octanol–water partition coefficient (Wildman–Crippen LogP) is 3.55. The Morgan fingerprint density at radius 3 is 2.78 bits per heavy atom. The van der Waals surface area contributed by atoms with Crippen molar-refractivity contribution in [3.05, 3.63) is 48.3 Å². The van der Waals surface area contributed by atoms with Crippen molar-refractivity contribution in [2.24, 2.45) is 0 Å². The Kier molecular flexibility index (Phi) is 3.63. The molecule has 2 heterocycles. The molecule has 1 aliphatic carbocycles. The molecule has 0 radical (unpaired) electrons. The molecule has 0 unspecified atom stereocenters. The van der Waals surface area contributed by atoms with E-state index >= 15 is 0 Å². The van der Waals surface area contributed by atoms with Crippen LogP contribution in [0, 0.1) is 0 Å². The van der Waals surface area contributed by atoms with Gasteiger partial charge >= 0.3 is 0 Å². The molecule has 0 bridgehead atoms. The molecule has 1 aromatic carbocycles. The molecule has 0 amide bonds. The highest BCUT2D eigenvalue weighted by molar-refractivity contribution is 7.99. The second-order valence-corrected chi connectivity index (χ2v) is 6.66. The molecule has 1 fully saturated rings. The number of hydrogen-bond donors (Lipinski definition) is 3. The fourth-order valence-electron chi connectivity index (χ4n) is 2.27. The monoisotopic (exact) mass is 324 g/mol. The SMILES string of the molecule is Nc1ccc(Sc2cc(Nc3cc(C4CC4)[nH]n3)cnn2)cc1. The number of aromatic nitrogens is 4. The quantitative estimate of drug-likeness (QED) is 0.622. The summed E-state index contributed by atoms with van der Waals surface area (Å²) in [7, 11) is 0. The summed E-state index contributed by atoms with van der Waals surface area (Å²) < 4.78 is 0. The third-order valence-corrected chi connectivity index (χ3v) is 4.54. The van der Waals surface area contributed by atoms with Crippen LogP contribution in [-0.2, 0) is 0 Å². The van der Waals surface area contributed by atoms with E-state index in [4.69, 9.17) is 5.73 Å². The van der Waals surface area contributed by atoms with Gasteiger partial charge in [-0.2, -0.15) is 10.2 Å². The molecule has 0 spiro atoms. The van der Waals surface area contributed by atoms with E-state index in [1.54, 1.807) is 18.0 Å². The first kappa shape index (κ1) is 14.1. The average Bonchev–Trinajstić information content (AvgIpc) is 3.30. The summed E-state index contributed by atoms with van der Waals surface area (Å²) in [5.41, 5.74) is 8.52. The number of aromatic amines is 1. The van der Waals surface area contributed by atoms with Crippen molar-refractivity contribution < 1.29 is 0 Å². The maximum atomic E-state index is 5.70. The minimum atomic E-state index is 0.658. The highest BCUT2D eigenvalue weighted by atomic mass is 32.2. The number of nitrogens with zero attached hydrogens (tertiary/aromatic N) is 3. The van der Waals surface area contributed by atoms with E-state index in [0.717, 1.165) is 27.1 Å². The summed E-state index contributed by atoms with van der Waals surface area (Å²) in [6.45, 7) is 0. The van der Waals surface area contributed by atoms with Crippen LogP contribution in [0.4, 0.5) is 17.2 Å². The van der Waals surface area contributed by atoms with E-state index in [9.17, 15) is 0 Å². The fraction of sp³-hybridized carbons (Fsp3) is 0.188. The van der Waals surface area contributed by atoms with Crippen molar-refractivity contribution in [1.29, 1.82) is 0 Å². The van der Waals surface area contributed by atoms with E-state index < -0.39 is 0 Å². The molecule has 1 aliphatic rings. The largest absolute Gasteiger partial charge is 0.399 e. The minimum absolute atomic E-state index is 0.658. The Morgan fingerprint density at radius 2 is 2.00 bits per heavy atom. The van der Waals surface area contributed by atoms with Crippen molar-refractivity contribution >= 4 is 29.0 Å². The Bertz CT molecular complexity index is 809. The lowest BCUT2D eigenvalue weighted by Crippen LogP contribution is -1.94. The molecular weight excluding hydrogens is 308 g/mol. The number of anilines is 3. The van der Waals surface area contributed by atoms with E-state index in [1.807, 2.05) is 30.3 Å². The van der Waals surface area contributed by atoms with Crippen LogP contribution < -0.4 is 11.1 Å². The number of rotatable bonds is 5. The first-order chi connectivity index (χ1) is 11.3. The van der Waals surface area contributed by atoms with Crippen molar-refractivity contribution in [2.45, 2.75) is 28.7 Å². The number of nitrogen functional groups attached to an aromatic ring is 1. The van der Waals surface area contributed by atoms with Gasteiger partial charge in [-0.25, -0.2) is 0 Å². The topological polar surface area (TPSA) is 92.5 Å². The van der Waals surface area contributed by atoms with Gasteiger partial charge in [0.05, 0.1) is 11.9 Å².